The summed E-state index contributed by atoms with van der Waals surface area (Å²) in [6.07, 6.45) is 3.31. The third-order valence-corrected chi connectivity index (χ3v) is 3.89. The summed E-state index contributed by atoms with van der Waals surface area (Å²) in [6, 6.07) is 0. The van der Waals surface area contributed by atoms with Crippen LogP contribution in [0.1, 0.15) is 63.0 Å². The van der Waals surface area contributed by atoms with Gasteiger partial charge in [-0.05, 0) is 39.0 Å². The predicted molar refractivity (Wildman–Crippen MR) is 77.6 cm³/mol. The van der Waals surface area contributed by atoms with Crippen molar-refractivity contribution < 1.29 is 4.74 Å². The van der Waals surface area contributed by atoms with Crippen molar-refractivity contribution in [2.45, 2.75) is 58.5 Å². The Balaban J connectivity index is 2.45. The normalized spacial score (nSPS) is 23.7. The first kappa shape index (κ1) is 14.3. The molecule has 0 aromatic carbocycles. The zero-order valence-corrected chi connectivity index (χ0v) is 12.7. The molecule has 106 valence electrons. The van der Waals surface area contributed by atoms with E-state index in [0.717, 1.165) is 36.8 Å². The van der Waals surface area contributed by atoms with Crippen molar-refractivity contribution in [1.29, 1.82) is 0 Å². The Bertz CT molecular complexity index is 451. The van der Waals surface area contributed by atoms with Crippen LogP contribution in [-0.4, -0.2) is 23.6 Å². The van der Waals surface area contributed by atoms with Crippen LogP contribution < -0.4 is 5.32 Å². The van der Waals surface area contributed by atoms with Gasteiger partial charge in [-0.25, -0.2) is 9.97 Å². The van der Waals surface area contributed by atoms with Crippen LogP contribution in [-0.2, 0) is 10.3 Å². The van der Waals surface area contributed by atoms with Gasteiger partial charge in [0.05, 0.1) is 0 Å². The average Bonchev–Trinajstić information content (AvgIpc) is 2.38. The first-order chi connectivity index (χ1) is 8.98. The smallest absolute Gasteiger partial charge is 0.162 e. The van der Waals surface area contributed by atoms with E-state index >= 15 is 0 Å². The van der Waals surface area contributed by atoms with E-state index in [-0.39, 0.29) is 5.60 Å². The quantitative estimate of drug-likeness (QED) is 0.908. The Labute approximate surface area is 116 Å². The molecule has 0 radical (unpaired) electrons. The lowest BCUT2D eigenvalue weighted by atomic mass is 9.94. The molecule has 1 N–H and O–H groups in total. The number of hydrogen-bond donors (Lipinski definition) is 1. The fourth-order valence-corrected chi connectivity index (χ4v) is 2.81. The Kier molecular flexibility index (Phi) is 4.09. The zero-order chi connectivity index (χ0) is 14.0. The van der Waals surface area contributed by atoms with Crippen molar-refractivity contribution in [2.75, 3.05) is 19.0 Å². The van der Waals surface area contributed by atoms with Crippen LogP contribution in [0.15, 0.2) is 0 Å². The molecule has 1 atom stereocenters. The maximum atomic E-state index is 5.95. The third kappa shape index (κ3) is 2.73. The van der Waals surface area contributed by atoms with E-state index in [0.29, 0.717) is 5.92 Å². The van der Waals surface area contributed by atoms with Gasteiger partial charge < -0.3 is 10.1 Å². The van der Waals surface area contributed by atoms with Gasteiger partial charge in [0.1, 0.15) is 11.4 Å². The lowest BCUT2D eigenvalue weighted by molar-refractivity contribution is -0.0760. The molecule has 4 heteroatoms. The van der Waals surface area contributed by atoms with Gasteiger partial charge in [-0.15, -0.1) is 0 Å². The number of aryl methyl sites for hydroxylation is 1. The molecule has 1 fully saturated rings. The largest absolute Gasteiger partial charge is 0.373 e. The molecule has 0 spiro atoms. The highest BCUT2D eigenvalue weighted by Crippen LogP contribution is 2.35. The van der Waals surface area contributed by atoms with Gasteiger partial charge in [0.15, 0.2) is 5.82 Å². The first-order valence-electron chi connectivity index (χ1n) is 7.18. The molecule has 1 aliphatic rings. The summed E-state index contributed by atoms with van der Waals surface area (Å²) in [5, 5.41) is 3.21. The van der Waals surface area contributed by atoms with Gasteiger partial charge in [-0.3, -0.25) is 0 Å². The van der Waals surface area contributed by atoms with Gasteiger partial charge in [-0.1, -0.05) is 13.8 Å². The number of nitrogens with zero attached hydrogens (tertiary/aromatic N) is 2. The highest BCUT2D eigenvalue weighted by Gasteiger charge is 2.34. The standard InChI is InChI=1S/C15H25N3O/c1-10(2)12-11(3)17-14(18-13(12)16-5)15(4)8-6-7-9-19-15/h10H,6-9H2,1-5H3,(H,16,17,18). The summed E-state index contributed by atoms with van der Waals surface area (Å²) in [5.41, 5.74) is 1.93. The lowest BCUT2D eigenvalue weighted by Gasteiger charge is -2.33. The number of anilines is 1. The Morgan fingerprint density at radius 3 is 2.53 bits per heavy atom. The Hall–Kier alpha value is -1.16. The van der Waals surface area contributed by atoms with Crippen LogP contribution >= 0.6 is 0 Å². The first-order valence-corrected chi connectivity index (χ1v) is 7.18. The molecular weight excluding hydrogens is 238 g/mol. The fraction of sp³-hybridized carbons (Fsp3) is 0.733. The van der Waals surface area contributed by atoms with Crippen molar-refractivity contribution in [3.63, 3.8) is 0 Å². The minimum Gasteiger partial charge on any atom is -0.373 e. The van der Waals surface area contributed by atoms with Crippen LogP contribution in [0.25, 0.3) is 0 Å². The highest BCUT2D eigenvalue weighted by atomic mass is 16.5. The molecule has 1 unspecified atom stereocenters. The molecular formula is C15H25N3O. The molecule has 1 aromatic rings. The SMILES string of the molecule is CNc1nc(C2(C)CCCCO2)nc(C)c1C(C)C. The van der Waals surface area contributed by atoms with Crippen LogP contribution in [0.5, 0.6) is 0 Å². The van der Waals surface area contributed by atoms with E-state index in [1.165, 1.54) is 12.0 Å². The summed E-state index contributed by atoms with van der Waals surface area (Å²) >= 11 is 0. The minimum atomic E-state index is -0.329. The monoisotopic (exact) mass is 263 g/mol. The van der Waals surface area contributed by atoms with Gasteiger partial charge in [0.25, 0.3) is 0 Å². The minimum absolute atomic E-state index is 0.329. The van der Waals surface area contributed by atoms with Gasteiger partial charge in [0, 0.05) is 24.9 Å². The van der Waals surface area contributed by atoms with Crippen LogP contribution in [0, 0.1) is 6.92 Å². The number of rotatable bonds is 3. The second kappa shape index (κ2) is 5.45. The average molecular weight is 263 g/mol. The zero-order valence-electron chi connectivity index (χ0n) is 12.7. The summed E-state index contributed by atoms with van der Waals surface area (Å²) in [4.78, 5) is 9.44. The number of aromatic nitrogens is 2. The lowest BCUT2D eigenvalue weighted by Crippen LogP contribution is -2.33. The van der Waals surface area contributed by atoms with E-state index in [2.05, 4.69) is 33.0 Å². The molecule has 0 aliphatic carbocycles. The van der Waals surface area contributed by atoms with E-state index < -0.39 is 0 Å². The van der Waals surface area contributed by atoms with Crippen LogP contribution in [0.3, 0.4) is 0 Å². The molecule has 4 nitrogen and oxygen atoms in total. The summed E-state index contributed by atoms with van der Waals surface area (Å²) in [5.74, 6) is 2.17. The predicted octanol–water partition coefficient (Wildman–Crippen LogP) is 3.37. The number of hydrogen-bond acceptors (Lipinski definition) is 4. The van der Waals surface area contributed by atoms with Crippen LogP contribution in [0.4, 0.5) is 5.82 Å². The molecule has 19 heavy (non-hydrogen) atoms. The van der Waals surface area contributed by atoms with E-state index in [4.69, 9.17) is 14.7 Å². The van der Waals surface area contributed by atoms with Crippen molar-refractivity contribution in [3.8, 4) is 0 Å². The van der Waals surface area contributed by atoms with Crippen molar-refractivity contribution in [2.24, 2.45) is 0 Å². The van der Waals surface area contributed by atoms with Gasteiger partial charge in [0.2, 0.25) is 0 Å². The van der Waals surface area contributed by atoms with E-state index in [1.807, 2.05) is 7.05 Å². The van der Waals surface area contributed by atoms with Crippen molar-refractivity contribution in [3.05, 3.63) is 17.1 Å². The van der Waals surface area contributed by atoms with Gasteiger partial charge in [-0.2, -0.15) is 0 Å². The molecule has 2 rings (SSSR count). The third-order valence-electron chi connectivity index (χ3n) is 3.89. The maximum absolute atomic E-state index is 5.95. The summed E-state index contributed by atoms with van der Waals surface area (Å²) in [7, 11) is 1.92. The maximum Gasteiger partial charge on any atom is 0.162 e. The summed E-state index contributed by atoms with van der Waals surface area (Å²) < 4.78 is 5.95. The van der Waals surface area contributed by atoms with E-state index in [1.54, 1.807) is 0 Å². The Morgan fingerprint density at radius 2 is 2.00 bits per heavy atom. The molecule has 2 heterocycles. The second-order valence-corrected chi connectivity index (χ2v) is 5.84. The van der Waals surface area contributed by atoms with Crippen LogP contribution in [0.2, 0.25) is 0 Å². The fourth-order valence-electron chi connectivity index (χ4n) is 2.81. The molecule has 1 saturated heterocycles. The topological polar surface area (TPSA) is 47.0 Å². The molecule has 1 aliphatic heterocycles. The number of ether oxygens (including phenoxy) is 1. The second-order valence-electron chi connectivity index (χ2n) is 5.84. The van der Waals surface area contributed by atoms with Crippen molar-refractivity contribution >= 4 is 5.82 Å². The Morgan fingerprint density at radius 1 is 1.26 bits per heavy atom. The molecule has 1 aromatic heterocycles. The number of nitrogens with one attached hydrogen (secondary N) is 1. The molecule has 0 saturated carbocycles. The summed E-state index contributed by atoms with van der Waals surface area (Å²) in [6.45, 7) is 9.32. The van der Waals surface area contributed by atoms with Gasteiger partial charge >= 0.3 is 0 Å². The highest BCUT2D eigenvalue weighted by molar-refractivity contribution is 5.48. The van der Waals surface area contributed by atoms with E-state index in [9.17, 15) is 0 Å². The van der Waals surface area contributed by atoms with Crippen molar-refractivity contribution in [1.82, 2.24) is 9.97 Å². The molecule has 0 amide bonds. The molecule has 0 bridgehead atoms.